The predicted molar refractivity (Wildman–Crippen MR) is 97.0 cm³/mol. The molecule has 0 aliphatic rings. The average Bonchev–Trinajstić information content (AvgIpc) is 2.57. The van der Waals surface area contributed by atoms with Crippen LogP contribution in [0.4, 0.5) is 11.5 Å². The molecule has 24 heavy (non-hydrogen) atoms. The molecular weight excluding hydrogens is 302 g/mol. The maximum Gasteiger partial charge on any atom is 0.252 e. The second-order valence-electron chi connectivity index (χ2n) is 6.00. The van der Waals surface area contributed by atoms with E-state index >= 15 is 0 Å². The number of benzene rings is 1. The monoisotopic (exact) mass is 327 g/mol. The fourth-order valence-corrected chi connectivity index (χ4v) is 2.44. The summed E-state index contributed by atoms with van der Waals surface area (Å²) in [5, 5.41) is 6.16. The van der Waals surface area contributed by atoms with Crippen LogP contribution in [0.3, 0.4) is 0 Å². The van der Waals surface area contributed by atoms with Crippen LogP contribution in [-0.2, 0) is 4.74 Å². The number of aromatic nitrogens is 1. The van der Waals surface area contributed by atoms with Gasteiger partial charge in [0.1, 0.15) is 5.82 Å². The summed E-state index contributed by atoms with van der Waals surface area (Å²) in [7, 11) is 1.60. The van der Waals surface area contributed by atoms with Crippen molar-refractivity contribution in [3.63, 3.8) is 0 Å². The third-order valence-corrected chi connectivity index (χ3v) is 3.80. The van der Waals surface area contributed by atoms with Gasteiger partial charge in [-0.1, -0.05) is 32.0 Å². The molecule has 0 fully saturated rings. The van der Waals surface area contributed by atoms with Crippen molar-refractivity contribution in [3.05, 3.63) is 53.2 Å². The SMILES string of the molecule is COCCNC(=O)c1ccc(Nc2c(C)cccc2C(C)C)nc1. The fraction of sp³-hybridized carbons (Fsp3) is 0.368. The van der Waals surface area contributed by atoms with Gasteiger partial charge in [-0.25, -0.2) is 4.98 Å². The van der Waals surface area contributed by atoms with E-state index in [1.807, 2.05) is 6.07 Å². The fourth-order valence-electron chi connectivity index (χ4n) is 2.44. The summed E-state index contributed by atoms with van der Waals surface area (Å²) in [6.45, 7) is 7.38. The van der Waals surface area contributed by atoms with Crippen LogP contribution in [0.15, 0.2) is 36.5 Å². The molecule has 0 aliphatic carbocycles. The molecule has 1 aromatic carbocycles. The molecule has 0 radical (unpaired) electrons. The summed E-state index contributed by atoms with van der Waals surface area (Å²) in [4.78, 5) is 16.3. The van der Waals surface area contributed by atoms with E-state index in [9.17, 15) is 4.79 Å². The Labute approximate surface area is 143 Å². The Morgan fingerprint density at radius 2 is 2.04 bits per heavy atom. The Balaban J connectivity index is 2.11. The van der Waals surface area contributed by atoms with Crippen molar-refractivity contribution >= 4 is 17.4 Å². The molecule has 5 nitrogen and oxygen atoms in total. The highest BCUT2D eigenvalue weighted by molar-refractivity contribution is 5.94. The first-order valence-electron chi connectivity index (χ1n) is 8.12. The van der Waals surface area contributed by atoms with Crippen LogP contribution in [-0.4, -0.2) is 31.2 Å². The number of hydrogen-bond acceptors (Lipinski definition) is 4. The molecule has 2 N–H and O–H groups in total. The molecule has 0 unspecified atom stereocenters. The standard InChI is InChI=1S/C19H25N3O2/c1-13(2)16-7-5-6-14(3)18(16)22-17-9-8-15(12-21-17)19(23)20-10-11-24-4/h5-9,12-13H,10-11H2,1-4H3,(H,20,23)(H,21,22). The zero-order valence-corrected chi connectivity index (χ0v) is 14.7. The van der Waals surface area contributed by atoms with Gasteiger partial charge in [0.05, 0.1) is 12.2 Å². The summed E-state index contributed by atoms with van der Waals surface area (Å²) in [6.07, 6.45) is 1.58. The van der Waals surface area contributed by atoms with Gasteiger partial charge in [0.15, 0.2) is 0 Å². The number of methoxy groups -OCH3 is 1. The number of nitrogens with one attached hydrogen (secondary N) is 2. The van der Waals surface area contributed by atoms with E-state index in [1.165, 1.54) is 11.1 Å². The molecule has 1 aromatic heterocycles. The summed E-state index contributed by atoms with van der Waals surface area (Å²) in [5.41, 5.74) is 4.03. The van der Waals surface area contributed by atoms with E-state index in [-0.39, 0.29) is 5.91 Å². The van der Waals surface area contributed by atoms with Crippen LogP contribution >= 0.6 is 0 Å². The number of carbonyl (C=O) groups excluding carboxylic acids is 1. The van der Waals surface area contributed by atoms with Gasteiger partial charge in [0.25, 0.3) is 5.91 Å². The summed E-state index contributed by atoms with van der Waals surface area (Å²) in [5.74, 6) is 0.989. The van der Waals surface area contributed by atoms with Gasteiger partial charge in [0, 0.05) is 25.5 Å². The van der Waals surface area contributed by atoms with E-state index in [2.05, 4.69) is 54.6 Å². The van der Waals surface area contributed by atoms with E-state index in [0.717, 1.165) is 11.5 Å². The van der Waals surface area contributed by atoms with Gasteiger partial charge < -0.3 is 15.4 Å². The number of ether oxygens (including phenoxy) is 1. The minimum Gasteiger partial charge on any atom is -0.383 e. The Morgan fingerprint density at radius 1 is 1.25 bits per heavy atom. The Bertz CT molecular complexity index is 682. The summed E-state index contributed by atoms with van der Waals surface area (Å²) in [6, 6.07) is 9.85. The van der Waals surface area contributed by atoms with Crippen molar-refractivity contribution < 1.29 is 9.53 Å². The minimum absolute atomic E-state index is 0.148. The summed E-state index contributed by atoms with van der Waals surface area (Å²) < 4.78 is 4.91. The molecule has 0 saturated carbocycles. The maximum absolute atomic E-state index is 12.0. The second kappa shape index (κ2) is 8.45. The third kappa shape index (κ3) is 4.55. The van der Waals surface area contributed by atoms with Crippen LogP contribution in [0.1, 0.15) is 41.3 Å². The lowest BCUT2D eigenvalue weighted by molar-refractivity contribution is 0.0937. The number of pyridine rings is 1. The number of anilines is 2. The Morgan fingerprint density at radius 3 is 2.67 bits per heavy atom. The maximum atomic E-state index is 12.0. The number of amides is 1. The Kier molecular flexibility index (Phi) is 6.32. The van der Waals surface area contributed by atoms with Crippen molar-refractivity contribution in [3.8, 4) is 0 Å². The van der Waals surface area contributed by atoms with E-state index in [4.69, 9.17) is 4.74 Å². The molecule has 0 atom stereocenters. The zero-order valence-electron chi connectivity index (χ0n) is 14.7. The van der Waals surface area contributed by atoms with Crippen LogP contribution in [0.5, 0.6) is 0 Å². The van der Waals surface area contributed by atoms with Crippen molar-refractivity contribution in [2.24, 2.45) is 0 Å². The van der Waals surface area contributed by atoms with Gasteiger partial charge in [0.2, 0.25) is 0 Å². The number of para-hydroxylation sites is 1. The number of nitrogens with zero attached hydrogens (tertiary/aromatic N) is 1. The second-order valence-corrected chi connectivity index (χ2v) is 6.00. The van der Waals surface area contributed by atoms with E-state index in [0.29, 0.717) is 24.6 Å². The molecule has 5 heteroatoms. The van der Waals surface area contributed by atoms with E-state index in [1.54, 1.807) is 19.4 Å². The van der Waals surface area contributed by atoms with Crippen LogP contribution in [0, 0.1) is 6.92 Å². The molecule has 128 valence electrons. The molecule has 1 heterocycles. The Hall–Kier alpha value is -2.40. The van der Waals surface area contributed by atoms with E-state index < -0.39 is 0 Å². The first-order chi connectivity index (χ1) is 11.5. The molecule has 0 spiro atoms. The lowest BCUT2D eigenvalue weighted by Gasteiger charge is -2.17. The molecule has 2 rings (SSSR count). The van der Waals surface area contributed by atoms with Crippen LogP contribution < -0.4 is 10.6 Å². The quantitative estimate of drug-likeness (QED) is 0.762. The first-order valence-corrected chi connectivity index (χ1v) is 8.12. The van der Waals surface area contributed by atoms with Gasteiger partial charge in [-0.05, 0) is 36.1 Å². The molecule has 0 aliphatic heterocycles. The van der Waals surface area contributed by atoms with Gasteiger partial charge in [-0.3, -0.25) is 4.79 Å². The van der Waals surface area contributed by atoms with Crippen LogP contribution in [0.2, 0.25) is 0 Å². The first kappa shape index (κ1) is 17.9. The van der Waals surface area contributed by atoms with Crippen molar-refractivity contribution in [2.45, 2.75) is 26.7 Å². The number of carbonyl (C=O) groups is 1. The minimum atomic E-state index is -0.148. The molecular formula is C19H25N3O2. The van der Waals surface area contributed by atoms with Gasteiger partial charge in [-0.15, -0.1) is 0 Å². The number of rotatable bonds is 7. The topological polar surface area (TPSA) is 63.2 Å². The van der Waals surface area contributed by atoms with Crippen molar-refractivity contribution in [1.29, 1.82) is 0 Å². The molecule has 0 saturated heterocycles. The predicted octanol–water partition coefficient (Wildman–Crippen LogP) is 3.63. The third-order valence-electron chi connectivity index (χ3n) is 3.80. The molecule has 1 amide bonds. The van der Waals surface area contributed by atoms with Crippen molar-refractivity contribution in [1.82, 2.24) is 10.3 Å². The van der Waals surface area contributed by atoms with Gasteiger partial charge >= 0.3 is 0 Å². The van der Waals surface area contributed by atoms with Crippen LogP contribution in [0.25, 0.3) is 0 Å². The average molecular weight is 327 g/mol. The van der Waals surface area contributed by atoms with Gasteiger partial charge in [-0.2, -0.15) is 0 Å². The number of hydrogen-bond donors (Lipinski definition) is 2. The van der Waals surface area contributed by atoms with Crippen molar-refractivity contribution in [2.75, 3.05) is 25.6 Å². The largest absolute Gasteiger partial charge is 0.383 e. The lowest BCUT2D eigenvalue weighted by Crippen LogP contribution is -2.27. The highest BCUT2D eigenvalue weighted by Crippen LogP contribution is 2.29. The highest BCUT2D eigenvalue weighted by Gasteiger charge is 2.10. The zero-order chi connectivity index (χ0) is 17.5. The lowest BCUT2D eigenvalue weighted by atomic mass is 9.98. The molecule has 0 bridgehead atoms. The smallest absolute Gasteiger partial charge is 0.252 e. The number of aryl methyl sites for hydroxylation is 1. The normalized spacial score (nSPS) is 10.7. The summed E-state index contributed by atoms with van der Waals surface area (Å²) >= 11 is 0. The molecule has 2 aromatic rings. The highest BCUT2D eigenvalue weighted by atomic mass is 16.5.